The summed E-state index contributed by atoms with van der Waals surface area (Å²) in [5.41, 5.74) is 12.0. The van der Waals surface area contributed by atoms with E-state index >= 15 is 0 Å². The number of nitrogens with zero attached hydrogens (tertiary/aromatic N) is 5. The number of carbonyl (C=O) groups is 5. The van der Waals surface area contributed by atoms with Crippen molar-refractivity contribution < 1.29 is 63.0 Å². The van der Waals surface area contributed by atoms with Gasteiger partial charge in [-0.25, -0.2) is 19.4 Å². The van der Waals surface area contributed by atoms with Crippen LogP contribution in [0.15, 0.2) is 72.1 Å². The van der Waals surface area contributed by atoms with Crippen molar-refractivity contribution in [1.82, 2.24) is 24.6 Å². The molecule has 3 aliphatic heterocycles. The first-order valence-electron chi connectivity index (χ1n) is 31.1. The molecule has 468 valence electrons. The molecule has 1 saturated carbocycles. The predicted octanol–water partition coefficient (Wildman–Crippen LogP) is 9.01. The van der Waals surface area contributed by atoms with E-state index in [2.05, 4.69) is 16.0 Å². The first-order chi connectivity index (χ1) is 40.9. The molecule has 5 heterocycles. The summed E-state index contributed by atoms with van der Waals surface area (Å²) in [6.07, 6.45) is 14.3. The lowest BCUT2D eigenvalue weighted by Gasteiger charge is -2.43. The maximum atomic E-state index is 14.7. The largest absolute Gasteiger partial charge is 0.486 e. The second-order valence-electron chi connectivity index (χ2n) is 25.5. The zero-order valence-electron chi connectivity index (χ0n) is 52.1. The number of nitrogens with two attached hydrogens (primary N) is 1. The van der Waals surface area contributed by atoms with E-state index in [0.717, 1.165) is 28.0 Å². The van der Waals surface area contributed by atoms with Crippen molar-refractivity contribution in [3.05, 3.63) is 88.9 Å². The molecule has 8 rings (SSSR count). The van der Waals surface area contributed by atoms with E-state index in [-0.39, 0.29) is 67.3 Å². The molecular formula is C67H92N6O13. The quantitative estimate of drug-likeness (QED) is 0.0884. The fourth-order valence-electron chi connectivity index (χ4n) is 13.3. The number of nitrogen functional groups attached to an aromatic ring is 1. The minimum absolute atomic E-state index is 0.0281. The molecule has 19 heteroatoms. The summed E-state index contributed by atoms with van der Waals surface area (Å²) >= 11 is 0. The number of esters is 1. The molecule has 2 bridgehead atoms. The Bertz CT molecular complexity index is 3110. The van der Waals surface area contributed by atoms with Crippen molar-refractivity contribution in [2.45, 2.75) is 206 Å². The maximum absolute atomic E-state index is 14.7. The number of piperidine rings is 1. The van der Waals surface area contributed by atoms with Gasteiger partial charge in [-0.1, -0.05) is 77.1 Å². The standard InChI is InChI=1S/C67H92N6O13/c1-37(2)73-64-57(63(68)69-36-70-64)58(71-73)48-31-46-22-24-49(33-47(46)32-48)84-54-34-50-23-20-44(9)67(81,86-50)62(78)65(79)72-26-16-15-19-51(72)66(80)85-55(41(6)29-45-21-25-52(74)56(30-45)82-10)35-53(75)40(5)28-43(8)60(77)61(83-11)59(76)42(7)27-38(3)17-13-12-14-18-39(54)4/h12-14,17-18,22,24,28,32-33,36-38,40-42,44-45,50-52,54-56,60-61,74,77,81H,15-16,19-21,23,25-27,29-31,34-35H2,1-11H3,(H2,68,69,70)/b14-12+,17-13+,39-18-,43-28+/t38-,40-,41?,42-,44-,45-,50+,51+,52-,54-,55+,56-,60-,61+,67-/m1/s1. The van der Waals surface area contributed by atoms with Gasteiger partial charge in [0.2, 0.25) is 5.79 Å². The lowest BCUT2D eigenvalue weighted by molar-refractivity contribution is -0.265. The Hall–Kier alpha value is -6.22. The van der Waals surface area contributed by atoms with Crippen LogP contribution in [0.25, 0.3) is 22.7 Å². The fourth-order valence-corrected chi connectivity index (χ4v) is 13.3. The number of allylic oxidation sites excluding steroid dienone is 7. The number of hydrogen-bond donors (Lipinski definition) is 4. The van der Waals surface area contributed by atoms with Gasteiger partial charge in [-0.05, 0) is 156 Å². The number of amides is 1. The second-order valence-corrected chi connectivity index (χ2v) is 25.5. The van der Waals surface area contributed by atoms with Crippen LogP contribution >= 0.6 is 0 Å². The number of carbonyl (C=O) groups excluding carboxylic acids is 5. The van der Waals surface area contributed by atoms with Crippen LogP contribution in [0.5, 0.6) is 5.75 Å². The van der Waals surface area contributed by atoms with Crippen LogP contribution in [-0.2, 0) is 49.3 Å². The lowest BCUT2D eigenvalue weighted by Crippen LogP contribution is -2.61. The highest BCUT2D eigenvalue weighted by atomic mass is 16.6. The second kappa shape index (κ2) is 28.7. The number of ketones is 3. The van der Waals surface area contributed by atoms with Gasteiger partial charge in [0.1, 0.15) is 59.8 Å². The molecular weight excluding hydrogens is 1100 g/mol. The zero-order valence-corrected chi connectivity index (χ0v) is 52.1. The fraction of sp³-hybridized carbons (Fsp3) is 0.612. The minimum atomic E-state index is -2.54. The number of aromatic nitrogens is 4. The van der Waals surface area contributed by atoms with Crippen molar-refractivity contribution in [3.63, 3.8) is 0 Å². The lowest BCUT2D eigenvalue weighted by atomic mass is 9.78. The van der Waals surface area contributed by atoms with E-state index in [1.807, 2.05) is 94.8 Å². The van der Waals surface area contributed by atoms with E-state index in [1.165, 1.54) is 18.3 Å². The van der Waals surface area contributed by atoms with Crippen LogP contribution in [-0.4, -0.2) is 145 Å². The number of ether oxygens (including phenoxy) is 5. The van der Waals surface area contributed by atoms with Crippen molar-refractivity contribution in [2.24, 2.45) is 35.5 Å². The molecule has 15 atom stereocenters. The molecule has 2 aromatic heterocycles. The van der Waals surface area contributed by atoms with Gasteiger partial charge in [0.05, 0.1) is 23.7 Å². The third-order valence-corrected chi connectivity index (χ3v) is 18.6. The van der Waals surface area contributed by atoms with Crippen molar-refractivity contribution in [3.8, 4) is 5.75 Å². The van der Waals surface area contributed by atoms with Crippen LogP contribution in [0, 0.1) is 35.5 Å². The number of aliphatic hydroxyl groups is 3. The summed E-state index contributed by atoms with van der Waals surface area (Å²) in [4.78, 5) is 82.5. The third kappa shape index (κ3) is 15.0. The molecule has 2 saturated heterocycles. The Balaban J connectivity index is 1.10. The number of aliphatic hydroxyl groups excluding tert-OH is 2. The van der Waals surface area contributed by atoms with Gasteiger partial charge in [-0.3, -0.25) is 19.2 Å². The molecule has 2 aliphatic carbocycles. The summed E-state index contributed by atoms with van der Waals surface area (Å²) in [6.45, 7) is 16.8. The monoisotopic (exact) mass is 1190 g/mol. The van der Waals surface area contributed by atoms with Gasteiger partial charge in [0.15, 0.2) is 11.4 Å². The van der Waals surface area contributed by atoms with E-state index in [0.29, 0.717) is 92.4 Å². The summed E-state index contributed by atoms with van der Waals surface area (Å²) in [5, 5.41) is 40.3. The van der Waals surface area contributed by atoms with Gasteiger partial charge in [0, 0.05) is 63.8 Å². The number of anilines is 1. The Labute approximate surface area is 506 Å². The van der Waals surface area contributed by atoms with E-state index in [4.69, 9.17) is 34.5 Å². The summed E-state index contributed by atoms with van der Waals surface area (Å²) in [6, 6.07) is 4.74. The number of rotatable bonds is 9. The number of cyclic esters (lactones) is 1. The van der Waals surface area contributed by atoms with Crippen molar-refractivity contribution >= 4 is 57.7 Å². The maximum Gasteiger partial charge on any atom is 0.329 e. The number of benzene rings is 1. The van der Waals surface area contributed by atoms with E-state index in [1.54, 1.807) is 34.0 Å². The SMILES string of the molecule is CO[C@@H]1C[C@@H](CC(C)[C@@H]2CC(=O)[C@H](C)/C=C(\C)[C@@H](O)[C@@H](OC)C(=O)[C@H](C)C[C@H](C)/C=C/C=C/C=C(/C)[C@H](Oc3ccc4c(c3)C=C(c3nn(C(C)C)c5ncnc(N)c35)C4)C[C@@H]3CC[C@@H](C)[C@@](O)(O3)C(=O)C(=O)N3CCCC[C@H]3C(=O)O2)CC[C@H]1O. The van der Waals surface area contributed by atoms with Gasteiger partial charge in [-0.15, -0.1) is 0 Å². The Kier molecular flexibility index (Phi) is 22.0. The van der Waals surface area contributed by atoms with Crippen LogP contribution < -0.4 is 10.5 Å². The highest BCUT2D eigenvalue weighted by molar-refractivity contribution is 6.39. The van der Waals surface area contributed by atoms with Crippen LogP contribution in [0.1, 0.15) is 162 Å². The van der Waals surface area contributed by atoms with E-state index in [9.17, 15) is 39.3 Å². The average molecular weight is 1190 g/mol. The molecule has 3 aromatic rings. The van der Waals surface area contributed by atoms with Crippen LogP contribution in [0.3, 0.4) is 0 Å². The highest BCUT2D eigenvalue weighted by Gasteiger charge is 2.53. The summed E-state index contributed by atoms with van der Waals surface area (Å²) in [7, 11) is 2.94. The zero-order chi connectivity index (χ0) is 62.3. The molecule has 0 radical (unpaired) electrons. The summed E-state index contributed by atoms with van der Waals surface area (Å²) < 4.78 is 32.8. The minimum Gasteiger partial charge on any atom is -0.486 e. The van der Waals surface area contributed by atoms with Crippen LogP contribution in [0.4, 0.5) is 5.82 Å². The molecule has 5 N–H and O–H groups in total. The molecule has 86 heavy (non-hydrogen) atoms. The van der Waals surface area contributed by atoms with Gasteiger partial charge in [-0.2, -0.15) is 5.10 Å². The first kappa shape index (κ1) is 65.7. The number of methoxy groups -OCH3 is 2. The summed E-state index contributed by atoms with van der Waals surface area (Å²) in [5.74, 6) is -7.57. The topological polar surface area (TPSA) is 265 Å². The molecule has 3 fully saturated rings. The number of Topliss-reactive ketones (excluding diaryl/α,β-unsaturated/α-hetero) is 3. The van der Waals surface area contributed by atoms with Gasteiger partial charge in [0.25, 0.3) is 11.7 Å². The van der Waals surface area contributed by atoms with E-state index < -0.39 is 83.9 Å². The van der Waals surface area contributed by atoms with Gasteiger partial charge >= 0.3 is 5.97 Å². The predicted molar refractivity (Wildman–Crippen MR) is 327 cm³/mol. The first-order valence-corrected chi connectivity index (χ1v) is 31.1. The molecule has 1 amide bonds. The van der Waals surface area contributed by atoms with Crippen molar-refractivity contribution in [2.75, 3.05) is 26.5 Å². The molecule has 1 unspecified atom stereocenters. The normalized spacial score (nSPS) is 34.1. The number of fused-ring (bicyclic) bond motifs is 5. The smallest absolute Gasteiger partial charge is 0.329 e. The number of hydrogen-bond acceptors (Lipinski definition) is 17. The van der Waals surface area contributed by atoms with Crippen LogP contribution in [0.2, 0.25) is 0 Å². The molecule has 5 aliphatic rings. The molecule has 1 aromatic carbocycles. The molecule has 0 spiro atoms. The Morgan fingerprint density at radius 3 is 2.38 bits per heavy atom. The highest BCUT2D eigenvalue weighted by Crippen LogP contribution is 2.41. The Morgan fingerprint density at radius 2 is 1.65 bits per heavy atom. The molecule has 19 nitrogen and oxygen atoms in total. The third-order valence-electron chi connectivity index (χ3n) is 18.6. The van der Waals surface area contributed by atoms with Gasteiger partial charge < -0.3 is 49.6 Å². The van der Waals surface area contributed by atoms with Crippen molar-refractivity contribution in [1.29, 1.82) is 0 Å². The Morgan fingerprint density at radius 1 is 0.884 bits per heavy atom. The average Bonchev–Trinajstić information content (AvgIpc) is 1.81.